The van der Waals surface area contributed by atoms with Crippen LogP contribution >= 0.6 is 11.3 Å². The van der Waals surface area contributed by atoms with Crippen molar-refractivity contribution in [2.45, 2.75) is 72.0 Å². The molecule has 0 radical (unpaired) electrons. The summed E-state index contributed by atoms with van der Waals surface area (Å²) in [6, 6.07) is 3.26. The zero-order valence-corrected chi connectivity index (χ0v) is 14.7. The summed E-state index contributed by atoms with van der Waals surface area (Å²) < 4.78 is 0. The normalized spacial score (nSPS) is 22.6. The van der Waals surface area contributed by atoms with Gasteiger partial charge >= 0.3 is 0 Å². The second kappa shape index (κ2) is 6.39. The summed E-state index contributed by atoms with van der Waals surface area (Å²) in [7, 11) is 0. The number of hydrogen-bond acceptors (Lipinski definition) is 3. The van der Waals surface area contributed by atoms with Crippen LogP contribution in [0, 0.1) is 12.3 Å². The number of piperidine rings is 1. The van der Waals surface area contributed by atoms with E-state index in [1.807, 2.05) is 11.3 Å². The van der Waals surface area contributed by atoms with Crippen LogP contribution in [-0.4, -0.2) is 24.0 Å². The van der Waals surface area contributed by atoms with Gasteiger partial charge in [0.2, 0.25) is 0 Å². The molecule has 1 aromatic rings. The summed E-state index contributed by atoms with van der Waals surface area (Å²) in [4.78, 5) is 5.70. The lowest BCUT2D eigenvalue weighted by Gasteiger charge is -2.38. The molecule has 2 aliphatic rings. The van der Waals surface area contributed by atoms with Gasteiger partial charge in [0.05, 0.1) is 0 Å². The Bertz CT molecular complexity index is 468. The van der Waals surface area contributed by atoms with Crippen molar-refractivity contribution in [1.82, 2.24) is 10.2 Å². The van der Waals surface area contributed by atoms with Crippen molar-refractivity contribution in [3.63, 3.8) is 0 Å². The van der Waals surface area contributed by atoms with Crippen LogP contribution < -0.4 is 5.32 Å². The predicted octanol–water partition coefficient (Wildman–Crippen LogP) is 4.32. The molecule has 2 heterocycles. The molecule has 0 aromatic carbocycles. The molecule has 1 aliphatic heterocycles. The van der Waals surface area contributed by atoms with Crippen LogP contribution in [0.25, 0.3) is 0 Å². The van der Waals surface area contributed by atoms with Crippen molar-refractivity contribution in [2.75, 3.05) is 13.1 Å². The minimum absolute atomic E-state index is 0.597. The monoisotopic (exact) mass is 306 g/mol. The molecule has 1 aromatic heterocycles. The fraction of sp³-hybridized carbons (Fsp3) is 0.778. The van der Waals surface area contributed by atoms with Gasteiger partial charge in [-0.05, 0) is 62.7 Å². The molecule has 3 heteroatoms. The number of rotatable bonds is 6. The van der Waals surface area contributed by atoms with E-state index in [0.29, 0.717) is 5.41 Å². The van der Waals surface area contributed by atoms with Gasteiger partial charge in [0.15, 0.2) is 0 Å². The first-order chi connectivity index (χ1) is 10.1. The molecule has 1 N–H and O–H groups in total. The average Bonchev–Trinajstić information content (AvgIpc) is 3.25. The van der Waals surface area contributed by atoms with Crippen molar-refractivity contribution >= 4 is 11.3 Å². The van der Waals surface area contributed by atoms with Gasteiger partial charge in [-0.1, -0.05) is 20.3 Å². The maximum atomic E-state index is 3.63. The van der Waals surface area contributed by atoms with Crippen molar-refractivity contribution < 1.29 is 0 Å². The molecule has 0 amide bonds. The Kier molecular flexibility index (Phi) is 4.72. The van der Waals surface area contributed by atoms with Crippen LogP contribution in [0.15, 0.2) is 6.07 Å². The molecule has 1 aliphatic carbocycles. The lowest BCUT2D eigenvalue weighted by molar-refractivity contribution is 0.109. The number of likely N-dealkylation sites (tertiary alicyclic amines) is 1. The molecule has 1 saturated heterocycles. The van der Waals surface area contributed by atoms with Gasteiger partial charge in [0.1, 0.15) is 0 Å². The zero-order valence-electron chi connectivity index (χ0n) is 13.9. The molecule has 3 rings (SSSR count). The van der Waals surface area contributed by atoms with Crippen molar-refractivity contribution in [2.24, 2.45) is 5.41 Å². The zero-order chi connectivity index (χ0) is 14.9. The van der Waals surface area contributed by atoms with E-state index in [2.05, 4.69) is 37.1 Å². The molecular formula is C18H30N2S. The third-order valence-corrected chi connectivity index (χ3v) is 6.62. The fourth-order valence-electron chi connectivity index (χ4n) is 3.21. The van der Waals surface area contributed by atoms with E-state index in [9.17, 15) is 0 Å². The maximum Gasteiger partial charge on any atom is 0.0302 e. The highest BCUT2D eigenvalue weighted by Crippen LogP contribution is 2.35. The van der Waals surface area contributed by atoms with Gasteiger partial charge in [-0.2, -0.15) is 0 Å². The number of nitrogens with one attached hydrogen (secondary N) is 1. The number of thiophene rings is 1. The topological polar surface area (TPSA) is 15.3 Å². The number of hydrogen-bond donors (Lipinski definition) is 1. The fourth-order valence-corrected chi connectivity index (χ4v) is 4.21. The van der Waals surface area contributed by atoms with Crippen LogP contribution in [0.5, 0.6) is 0 Å². The smallest absolute Gasteiger partial charge is 0.0302 e. The third kappa shape index (κ3) is 4.08. The summed E-state index contributed by atoms with van der Waals surface area (Å²) in [5.74, 6) is 0. The van der Waals surface area contributed by atoms with E-state index in [0.717, 1.165) is 19.1 Å². The second-order valence-electron chi connectivity index (χ2n) is 7.39. The molecule has 0 bridgehead atoms. The summed E-state index contributed by atoms with van der Waals surface area (Å²) in [5, 5.41) is 3.63. The van der Waals surface area contributed by atoms with E-state index in [1.165, 1.54) is 54.9 Å². The van der Waals surface area contributed by atoms with Gasteiger partial charge in [-0.15, -0.1) is 11.3 Å². The second-order valence-corrected chi connectivity index (χ2v) is 8.73. The lowest BCUT2D eigenvalue weighted by Crippen LogP contribution is -2.37. The van der Waals surface area contributed by atoms with Crippen LogP contribution in [-0.2, 0) is 13.1 Å². The minimum Gasteiger partial charge on any atom is -0.309 e. The summed E-state index contributed by atoms with van der Waals surface area (Å²) >= 11 is 1.99. The molecule has 2 fully saturated rings. The van der Waals surface area contributed by atoms with Crippen LogP contribution in [0.1, 0.15) is 61.3 Å². The van der Waals surface area contributed by atoms with E-state index < -0.39 is 0 Å². The van der Waals surface area contributed by atoms with Gasteiger partial charge in [0.25, 0.3) is 0 Å². The molecule has 21 heavy (non-hydrogen) atoms. The Labute approximate surface area is 133 Å². The minimum atomic E-state index is 0.597. The highest BCUT2D eigenvalue weighted by Gasteiger charge is 2.28. The molecule has 1 saturated carbocycles. The summed E-state index contributed by atoms with van der Waals surface area (Å²) in [6.07, 6.45) is 6.81. The van der Waals surface area contributed by atoms with Gasteiger partial charge in [-0.3, -0.25) is 4.90 Å². The highest BCUT2D eigenvalue weighted by atomic mass is 32.1. The Morgan fingerprint density at radius 3 is 2.67 bits per heavy atom. The van der Waals surface area contributed by atoms with Crippen LogP contribution in [0.3, 0.4) is 0 Å². The first-order valence-corrected chi connectivity index (χ1v) is 9.43. The molecule has 2 nitrogen and oxygen atoms in total. The lowest BCUT2D eigenvalue weighted by atomic mass is 9.78. The van der Waals surface area contributed by atoms with Crippen molar-refractivity contribution in [1.29, 1.82) is 0 Å². The molecule has 118 valence electrons. The van der Waals surface area contributed by atoms with Gasteiger partial charge < -0.3 is 5.32 Å². The molecular weight excluding hydrogens is 276 g/mol. The van der Waals surface area contributed by atoms with Gasteiger partial charge in [-0.25, -0.2) is 0 Å². The molecule has 0 spiro atoms. The number of nitrogens with zero attached hydrogens (tertiary/aromatic N) is 1. The largest absolute Gasteiger partial charge is 0.309 e. The third-order valence-electron chi connectivity index (χ3n) is 5.52. The highest BCUT2D eigenvalue weighted by molar-refractivity contribution is 7.12. The maximum absolute atomic E-state index is 3.63. The Hall–Kier alpha value is -0.380. The Morgan fingerprint density at radius 2 is 2.05 bits per heavy atom. The van der Waals surface area contributed by atoms with E-state index >= 15 is 0 Å². The van der Waals surface area contributed by atoms with Crippen LogP contribution in [0.2, 0.25) is 0 Å². The van der Waals surface area contributed by atoms with Gasteiger partial charge in [0, 0.05) is 28.9 Å². The average molecular weight is 307 g/mol. The first-order valence-electron chi connectivity index (χ1n) is 8.62. The SMILES string of the molecule is CCC1(C)CCN(Cc2cc(CNC3CC3)sc2C)CC1. The van der Waals surface area contributed by atoms with Crippen molar-refractivity contribution in [3.8, 4) is 0 Å². The number of aryl methyl sites for hydroxylation is 1. The quantitative estimate of drug-likeness (QED) is 0.842. The van der Waals surface area contributed by atoms with Crippen molar-refractivity contribution in [3.05, 3.63) is 21.4 Å². The van der Waals surface area contributed by atoms with Crippen LogP contribution in [0.4, 0.5) is 0 Å². The first kappa shape index (κ1) is 15.5. The van der Waals surface area contributed by atoms with E-state index in [1.54, 1.807) is 5.56 Å². The Balaban J connectivity index is 1.52. The standard InChI is InChI=1S/C18H30N2S/c1-4-18(3)7-9-20(10-8-18)13-15-11-17(21-14(15)2)12-19-16-5-6-16/h11,16,19H,4-10,12-13H2,1-3H3. The summed E-state index contributed by atoms with van der Waals surface area (Å²) in [5.41, 5.74) is 2.16. The Morgan fingerprint density at radius 1 is 1.33 bits per heavy atom. The summed E-state index contributed by atoms with van der Waals surface area (Å²) in [6.45, 7) is 11.9. The van der Waals surface area contributed by atoms with E-state index in [4.69, 9.17) is 0 Å². The molecule has 0 atom stereocenters. The van der Waals surface area contributed by atoms with E-state index in [-0.39, 0.29) is 0 Å². The molecule has 0 unspecified atom stereocenters. The predicted molar refractivity (Wildman–Crippen MR) is 91.8 cm³/mol.